The van der Waals surface area contributed by atoms with Crippen molar-refractivity contribution in [2.45, 2.75) is 31.7 Å². The van der Waals surface area contributed by atoms with Crippen LogP contribution in [0.3, 0.4) is 0 Å². The first-order chi connectivity index (χ1) is 8.74. The molecule has 1 amide bonds. The Labute approximate surface area is 105 Å². The molecule has 2 rings (SSSR count). The van der Waals surface area contributed by atoms with E-state index in [0.29, 0.717) is 13.0 Å². The molecule has 0 aromatic carbocycles. The topological polar surface area (TPSA) is 53.4 Å². The molecule has 0 atom stereocenters. The number of aliphatic hydroxyl groups excluding tert-OH is 1. The van der Waals surface area contributed by atoms with Crippen LogP contribution in [0.4, 0.5) is 4.39 Å². The van der Waals surface area contributed by atoms with Crippen LogP contribution in [0.2, 0.25) is 0 Å². The molecule has 0 radical (unpaired) electrons. The van der Waals surface area contributed by atoms with Gasteiger partial charge in [-0.05, 0) is 31.7 Å². The minimum absolute atomic E-state index is 0.0370. The van der Waals surface area contributed by atoms with Crippen molar-refractivity contribution in [3.05, 3.63) is 29.8 Å². The molecule has 1 aromatic rings. The normalized spacial score (nSPS) is 15.2. The second-order valence-corrected chi connectivity index (χ2v) is 4.52. The van der Waals surface area contributed by atoms with Crippen LogP contribution in [0, 0.1) is 5.82 Å². The highest BCUT2D eigenvalue weighted by atomic mass is 19.1. The van der Waals surface area contributed by atoms with E-state index in [-0.39, 0.29) is 24.1 Å². The molecule has 1 heterocycles. The fourth-order valence-electron chi connectivity index (χ4n) is 2.09. The Morgan fingerprint density at radius 3 is 2.89 bits per heavy atom. The highest BCUT2D eigenvalue weighted by molar-refractivity contribution is 5.94. The lowest BCUT2D eigenvalue weighted by atomic mass is 9.91. The molecule has 0 saturated heterocycles. The number of aromatic nitrogens is 1. The van der Waals surface area contributed by atoms with E-state index in [0.717, 1.165) is 25.5 Å². The third-order valence-electron chi connectivity index (χ3n) is 3.34. The van der Waals surface area contributed by atoms with Crippen molar-refractivity contribution in [1.82, 2.24) is 9.88 Å². The predicted octanol–water partition coefficient (Wildman–Crippen LogP) is 1.60. The van der Waals surface area contributed by atoms with Crippen LogP contribution in [0.25, 0.3) is 0 Å². The molecule has 18 heavy (non-hydrogen) atoms. The van der Waals surface area contributed by atoms with E-state index in [2.05, 4.69) is 4.98 Å². The second kappa shape index (κ2) is 5.91. The lowest BCUT2D eigenvalue weighted by molar-refractivity contribution is 0.0557. The van der Waals surface area contributed by atoms with Gasteiger partial charge in [0.15, 0.2) is 5.82 Å². The molecule has 0 unspecified atom stereocenters. The maximum absolute atomic E-state index is 13.5. The third-order valence-corrected chi connectivity index (χ3v) is 3.34. The monoisotopic (exact) mass is 252 g/mol. The Morgan fingerprint density at radius 1 is 1.56 bits per heavy atom. The zero-order valence-corrected chi connectivity index (χ0v) is 10.2. The van der Waals surface area contributed by atoms with Gasteiger partial charge in [-0.1, -0.05) is 0 Å². The maximum Gasteiger partial charge on any atom is 0.257 e. The van der Waals surface area contributed by atoms with Gasteiger partial charge >= 0.3 is 0 Å². The van der Waals surface area contributed by atoms with Crippen LogP contribution < -0.4 is 0 Å². The van der Waals surface area contributed by atoms with E-state index in [1.807, 2.05) is 0 Å². The summed E-state index contributed by atoms with van der Waals surface area (Å²) in [6.07, 6.45) is 6.02. The van der Waals surface area contributed by atoms with Crippen molar-refractivity contribution in [1.29, 1.82) is 0 Å². The van der Waals surface area contributed by atoms with E-state index in [1.54, 1.807) is 4.90 Å². The quantitative estimate of drug-likeness (QED) is 0.866. The van der Waals surface area contributed by atoms with Gasteiger partial charge in [-0.25, -0.2) is 4.39 Å². The maximum atomic E-state index is 13.5. The summed E-state index contributed by atoms with van der Waals surface area (Å²) in [5.74, 6) is -0.885. The van der Waals surface area contributed by atoms with Gasteiger partial charge in [0.05, 0.1) is 11.8 Å². The van der Waals surface area contributed by atoms with Gasteiger partial charge in [0, 0.05) is 25.4 Å². The number of hydrogen-bond acceptors (Lipinski definition) is 3. The third kappa shape index (κ3) is 2.67. The summed E-state index contributed by atoms with van der Waals surface area (Å²) in [6.45, 7) is 0.511. The van der Waals surface area contributed by atoms with Crippen LogP contribution in [0.15, 0.2) is 18.5 Å². The SMILES string of the molecule is O=C(c1ccncc1F)N(CCCO)C1CCC1. The van der Waals surface area contributed by atoms with Crippen molar-refractivity contribution in [2.24, 2.45) is 0 Å². The van der Waals surface area contributed by atoms with Crippen molar-refractivity contribution in [3.63, 3.8) is 0 Å². The van der Waals surface area contributed by atoms with Crippen LogP contribution >= 0.6 is 0 Å². The number of hydrogen-bond donors (Lipinski definition) is 1. The fraction of sp³-hybridized carbons (Fsp3) is 0.538. The van der Waals surface area contributed by atoms with Gasteiger partial charge in [-0.2, -0.15) is 0 Å². The van der Waals surface area contributed by atoms with E-state index in [4.69, 9.17) is 5.11 Å². The molecule has 98 valence electrons. The highest BCUT2D eigenvalue weighted by Crippen LogP contribution is 2.26. The van der Waals surface area contributed by atoms with Crippen LogP contribution in [-0.2, 0) is 0 Å². The number of aliphatic hydroxyl groups is 1. The van der Waals surface area contributed by atoms with Crippen LogP contribution in [0.5, 0.6) is 0 Å². The lowest BCUT2D eigenvalue weighted by Gasteiger charge is -2.37. The first-order valence-corrected chi connectivity index (χ1v) is 6.25. The first kappa shape index (κ1) is 13.0. The minimum atomic E-state index is -0.587. The number of carbonyl (C=O) groups excluding carboxylic acids is 1. The fourth-order valence-corrected chi connectivity index (χ4v) is 2.09. The standard InChI is InChI=1S/C13H17FN2O2/c14-12-9-15-6-5-11(12)13(18)16(7-2-8-17)10-3-1-4-10/h5-6,9-10,17H,1-4,7-8H2. The number of halogens is 1. The summed E-state index contributed by atoms with van der Waals surface area (Å²) >= 11 is 0. The van der Waals surface area contributed by atoms with Gasteiger partial charge in [0.2, 0.25) is 0 Å². The Bertz CT molecular complexity index is 421. The molecule has 1 aliphatic rings. The smallest absolute Gasteiger partial charge is 0.257 e. The van der Waals surface area contributed by atoms with Gasteiger partial charge in [0.25, 0.3) is 5.91 Å². The van der Waals surface area contributed by atoms with Crippen molar-refractivity contribution in [2.75, 3.05) is 13.2 Å². The van der Waals surface area contributed by atoms with Gasteiger partial charge in [-0.15, -0.1) is 0 Å². The molecule has 4 nitrogen and oxygen atoms in total. The molecule has 0 aliphatic heterocycles. The summed E-state index contributed by atoms with van der Waals surface area (Å²) < 4.78 is 13.5. The Morgan fingerprint density at radius 2 is 2.33 bits per heavy atom. The summed E-state index contributed by atoms with van der Waals surface area (Å²) in [5, 5.41) is 8.87. The molecule has 1 aromatic heterocycles. The van der Waals surface area contributed by atoms with Gasteiger partial charge in [0.1, 0.15) is 0 Å². The molecule has 1 fully saturated rings. The lowest BCUT2D eigenvalue weighted by Crippen LogP contribution is -2.45. The van der Waals surface area contributed by atoms with E-state index < -0.39 is 5.82 Å². The number of pyridine rings is 1. The molecule has 0 bridgehead atoms. The molecule has 5 heteroatoms. The first-order valence-electron chi connectivity index (χ1n) is 6.25. The van der Waals surface area contributed by atoms with Crippen molar-refractivity contribution >= 4 is 5.91 Å². The average Bonchev–Trinajstić information content (AvgIpc) is 2.32. The molecular formula is C13H17FN2O2. The van der Waals surface area contributed by atoms with Crippen LogP contribution in [0.1, 0.15) is 36.0 Å². The number of amides is 1. The zero-order chi connectivity index (χ0) is 13.0. The molecule has 1 saturated carbocycles. The van der Waals surface area contributed by atoms with Crippen molar-refractivity contribution < 1.29 is 14.3 Å². The minimum Gasteiger partial charge on any atom is -0.396 e. The summed E-state index contributed by atoms with van der Waals surface area (Å²) in [7, 11) is 0. The summed E-state index contributed by atoms with van der Waals surface area (Å²) in [5.41, 5.74) is 0.0647. The highest BCUT2D eigenvalue weighted by Gasteiger charge is 2.30. The Balaban J connectivity index is 2.14. The van der Waals surface area contributed by atoms with E-state index in [1.165, 1.54) is 12.3 Å². The second-order valence-electron chi connectivity index (χ2n) is 4.52. The van der Waals surface area contributed by atoms with Crippen LogP contribution in [-0.4, -0.2) is 40.1 Å². The van der Waals surface area contributed by atoms with Gasteiger partial charge in [-0.3, -0.25) is 9.78 Å². The van der Waals surface area contributed by atoms with Gasteiger partial charge < -0.3 is 10.0 Å². The van der Waals surface area contributed by atoms with E-state index in [9.17, 15) is 9.18 Å². The van der Waals surface area contributed by atoms with E-state index >= 15 is 0 Å². The average molecular weight is 252 g/mol. The Kier molecular flexibility index (Phi) is 4.25. The van der Waals surface area contributed by atoms with Crippen molar-refractivity contribution in [3.8, 4) is 0 Å². The Hall–Kier alpha value is -1.49. The number of carbonyl (C=O) groups is 1. The zero-order valence-electron chi connectivity index (χ0n) is 10.2. The summed E-state index contributed by atoms with van der Waals surface area (Å²) in [6, 6.07) is 1.60. The largest absolute Gasteiger partial charge is 0.396 e. The molecule has 1 aliphatic carbocycles. The predicted molar refractivity (Wildman–Crippen MR) is 64.6 cm³/mol. The molecular weight excluding hydrogens is 235 g/mol. The summed E-state index contributed by atoms with van der Waals surface area (Å²) in [4.78, 5) is 17.6. The molecule has 0 spiro atoms. The molecule has 1 N–H and O–H groups in total. The number of nitrogens with zero attached hydrogens (tertiary/aromatic N) is 2. The number of rotatable bonds is 5.